The monoisotopic (exact) mass is 238 g/mol. The highest BCUT2D eigenvalue weighted by Crippen LogP contribution is 2.00. The van der Waals surface area contributed by atoms with Crippen LogP contribution in [0.1, 0.15) is 12.8 Å². The maximum atomic E-state index is 11.4. The van der Waals surface area contributed by atoms with Crippen LogP contribution in [0.5, 0.6) is 0 Å². The molecule has 8 heteroatoms. The normalized spacial score (nSPS) is 16.6. The summed E-state index contributed by atoms with van der Waals surface area (Å²) >= 11 is 0. The van der Waals surface area contributed by atoms with E-state index in [-0.39, 0.29) is 24.3 Å². The lowest BCUT2D eigenvalue weighted by Gasteiger charge is -2.08. The van der Waals surface area contributed by atoms with Gasteiger partial charge in [0.2, 0.25) is 0 Å². The summed E-state index contributed by atoms with van der Waals surface area (Å²) in [4.78, 5) is 20.5. The highest BCUT2D eigenvalue weighted by atomic mass is 32.2. The Balaban J connectivity index is 4.05. The standard InChI is InChI=1S/C7H14N2O5S/c8-5(7(12)13)1-3-15(9,14)4-2-6(10)11/h5,9H,1-4,8H2,(H,10,11)(H,12,13)/t5-,15?/m0/s1. The fourth-order valence-electron chi connectivity index (χ4n) is 0.795. The van der Waals surface area contributed by atoms with Gasteiger partial charge in [-0.25, -0.2) is 4.21 Å². The van der Waals surface area contributed by atoms with Crippen LogP contribution in [0.2, 0.25) is 0 Å². The van der Waals surface area contributed by atoms with Crippen molar-refractivity contribution < 1.29 is 24.0 Å². The zero-order valence-corrected chi connectivity index (χ0v) is 8.83. The number of rotatable bonds is 7. The summed E-state index contributed by atoms with van der Waals surface area (Å²) in [6.07, 6.45) is -0.443. The van der Waals surface area contributed by atoms with Crippen molar-refractivity contribution in [1.82, 2.24) is 0 Å². The second-order valence-corrected chi connectivity index (χ2v) is 5.54. The minimum absolute atomic E-state index is 0.0860. The van der Waals surface area contributed by atoms with Crippen LogP contribution in [-0.2, 0) is 19.3 Å². The Labute approximate surface area is 87.2 Å². The predicted molar refractivity (Wildman–Crippen MR) is 53.1 cm³/mol. The van der Waals surface area contributed by atoms with Crippen molar-refractivity contribution in [3.63, 3.8) is 0 Å². The van der Waals surface area contributed by atoms with Crippen LogP contribution in [0, 0.1) is 4.78 Å². The summed E-state index contributed by atoms with van der Waals surface area (Å²) in [7, 11) is -3.03. The summed E-state index contributed by atoms with van der Waals surface area (Å²) in [6, 6.07) is -1.15. The maximum Gasteiger partial charge on any atom is 0.320 e. The van der Waals surface area contributed by atoms with Crippen LogP contribution >= 0.6 is 0 Å². The van der Waals surface area contributed by atoms with Gasteiger partial charge in [-0.2, -0.15) is 0 Å². The smallest absolute Gasteiger partial charge is 0.320 e. The molecule has 1 unspecified atom stereocenters. The van der Waals surface area contributed by atoms with Crippen molar-refractivity contribution in [2.45, 2.75) is 18.9 Å². The fraction of sp³-hybridized carbons (Fsp3) is 0.714. The van der Waals surface area contributed by atoms with Crippen LogP contribution in [0.4, 0.5) is 0 Å². The topological polar surface area (TPSA) is 142 Å². The lowest BCUT2D eigenvalue weighted by molar-refractivity contribution is -0.139. The number of hydrogen-bond donors (Lipinski definition) is 4. The molecule has 0 saturated carbocycles. The molecule has 0 bridgehead atoms. The van der Waals surface area contributed by atoms with Gasteiger partial charge in [-0.15, -0.1) is 0 Å². The third-order valence-electron chi connectivity index (χ3n) is 1.72. The molecule has 0 aliphatic carbocycles. The van der Waals surface area contributed by atoms with Crippen LogP contribution in [0.15, 0.2) is 0 Å². The fourth-order valence-corrected chi connectivity index (χ4v) is 2.14. The molecule has 2 atom stereocenters. The molecule has 0 aromatic rings. The highest BCUT2D eigenvalue weighted by Gasteiger charge is 2.16. The molecule has 0 aromatic carbocycles. The van der Waals surface area contributed by atoms with Gasteiger partial charge in [0.15, 0.2) is 0 Å². The molecule has 7 nitrogen and oxygen atoms in total. The molecule has 0 heterocycles. The average molecular weight is 238 g/mol. The van der Waals surface area contributed by atoms with E-state index in [1.165, 1.54) is 0 Å². The largest absolute Gasteiger partial charge is 0.481 e. The molecule has 0 radical (unpaired) electrons. The molecule has 0 rings (SSSR count). The van der Waals surface area contributed by atoms with Gasteiger partial charge in [-0.3, -0.25) is 14.4 Å². The Bertz CT molecular complexity index is 337. The number of nitrogens with two attached hydrogens (primary N) is 1. The van der Waals surface area contributed by atoms with Gasteiger partial charge in [-0.05, 0) is 6.42 Å². The first-order chi connectivity index (χ1) is 6.74. The number of carboxylic acids is 2. The summed E-state index contributed by atoms with van der Waals surface area (Å²) < 4.78 is 18.6. The lowest BCUT2D eigenvalue weighted by atomic mass is 10.2. The third-order valence-corrected chi connectivity index (χ3v) is 3.48. The molecule has 0 saturated heterocycles. The average Bonchev–Trinajstić information content (AvgIpc) is 2.11. The molecule has 15 heavy (non-hydrogen) atoms. The quantitative estimate of drug-likeness (QED) is 0.462. The van der Waals surface area contributed by atoms with E-state index in [0.717, 1.165) is 0 Å². The van der Waals surface area contributed by atoms with Gasteiger partial charge >= 0.3 is 11.9 Å². The zero-order valence-electron chi connectivity index (χ0n) is 8.01. The minimum Gasteiger partial charge on any atom is -0.481 e. The predicted octanol–water partition coefficient (Wildman–Crippen LogP) is -0.690. The number of carboxylic acid groups (broad SMARTS) is 2. The molecule has 5 N–H and O–H groups in total. The van der Waals surface area contributed by atoms with E-state index < -0.39 is 27.7 Å². The molecule has 0 spiro atoms. The number of nitrogens with one attached hydrogen (secondary N) is 1. The van der Waals surface area contributed by atoms with E-state index in [2.05, 4.69) is 0 Å². The van der Waals surface area contributed by atoms with E-state index in [1.54, 1.807) is 0 Å². The summed E-state index contributed by atoms with van der Waals surface area (Å²) in [5.74, 6) is -2.80. The Kier molecular flexibility index (Phi) is 5.23. The Hall–Kier alpha value is -1.15. The molecular weight excluding hydrogens is 224 g/mol. The Morgan fingerprint density at radius 3 is 2.27 bits per heavy atom. The van der Waals surface area contributed by atoms with Crippen molar-refractivity contribution in [3.05, 3.63) is 0 Å². The van der Waals surface area contributed by atoms with Gasteiger partial charge in [0, 0.05) is 21.2 Å². The van der Waals surface area contributed by atoms with Crippen LogP contribution < -0.4 is 5.73 Å². The van der Waals surface area contributed by atoms with Crippen LogP contribution in [-0.4, -0.2) is 43.9 Å². The van der Waals surface area contributed by atoms with Crippen molar-refractivity contribution >= 4 is 21.7 Å². The SMILES string of the molecule is N=S(=O)(CCC(=O)O)CC[C@H](N)C(=O)O. The summed E-state index contributed by atoms with van der Waals surface area (Å²) in [6.45, 7) is 0. The lowest BCUT2D eigenvalue weighted by Crippen LogP contribution is -2.32. The van der Waals surface area contributed by atoms with Gasteiger partial charge in [0.25, 0.3) is 0 Å². The van der Waals surface area contributed by atoms with Crippen LogP contribution in [0.25, 0.3) is 0 Å². The highest BCUT2D eigenvalue weighted by molar-refractivity contribution is 7.92. The number of hydrogen-bond acceptors (Lipinski definition) is 5. The van der Waals surface area contributed by atoms with E-state index in [0.29, 0.717) is 0 Å². The van der Waals surface area contributed by atoms with Crippen molar-refractivity contribution in [1.29, 1.82) is 4.78 Å². The molecule has 0 aliphatic rings. The summed E-state index contributed by atoms with van der Waals surface area (Å²) in [5, 5.41) is 16.7. The Morgan fingerprint density at radius 2 is 1.87 bits per heavy atom. The molecular formula is C7H14N2O5S. The van der Waals surface area contributed by atoms with E-state index >= 15 is 0 Å². The van der Waals surface area contributed by atoms with E-state index in [1.807, 2.05) is 0 Å². The Morgan fingerprint density at radius 1 is 1.33 bits per heavy atom. The van der Waals surface area contributed by atoms with Crippen molar-refractivity contribution in [2.24, 2.45) is 5.73 Å². The van der Waals surface area contributed by atoms with Gasteiger partial charge in [0.05, 0.1) is 6.42 Å². The van der Waals surface area contributed by atoms with Crippen molar-refractivity contribution in [2.75, 3.05) is 11.5 Å². The molecule has 0 aromatic heterocycles. The molecule has 88 valence electrons. The first kappa shape index (κ1) is 13.8. The van der Waals surface area contributed by atoms with Crippen LogP contribution in [0.3, 0.4) is 0 Å². The second-order valence-electron chi connectivity index (χ2n) is 3.10. The minimum atomic E-state index is -3.03. The first-order valence-corrected chi connectivity index (χ1v) is 6.08. The number of aliphatic carboxylic acids is 2. The van der Waals surface area contributed by atoms with Gasteiger partial charge in [-0.1, -0.05) is 0 Å². The van der Waals surface area contributed by atoms with Gasteiger partial charge in [0.1, 0.15) is 6.04 Å². The third kappa shape index (κ3) is 6.86. The van der Waals surface area contributed by atoms with Gasteiger partial charge < -0.3 is 15.9 Å². The zero-order chi connectivity index (χ0) is 12.1. The molecule has 0 fully saturated rings. The molecule has 0 aliphatic heterocycles. The first-order valence-electron chi connectivity index (χ1n) is 4.19. The van der Waals surface area contributed by atoms with E-state index in [4.69, 9.17) is 20.7 Å². The summed E-state index contributed by atoms with van der Waals surface area (Å²) in [5.41, 5.74) is 5.15. The maximum absolute atomic E-state index is 11.4. The second kappa shape index (κ2) is 5.66. The number of carbonyl (C=O) groups is 2. The van der Waals surface area contributed by atoms with E-state index in [9.17, 15) is 13.8 Å². The van der Waals surface area contributed by atoms with Crippen molar-refractivity contribution in [3.8, 4) is 0 Å². The molecule has 0 amide bonds.